The van der Waals surface area contributed by atoms with E-state index in [2.05, 4.69) is 25.9 Å². The summed E-state index contributed by atoms with van der Waals surface area (Å²) >= 11 is 0. The third-order valence-corrected chi connectivity index (χ3v) is 4.20. The predicted molar refractivity (Wildman–Crippen MR) is 110 cm³/mol. The molecule has 0 spiro atoms. The molecule has 0 saturated carbocycles. The third-order valence-electron chi connectivity index (χ3n) is 4.20. The molecule has 0 bridgehead atoms. The van der Waals surface area contributed by atoms with Crippen molar-refractivity contribution in [3.05, 3.63) is 48.0 Å². The van der Waals surface area contributed by atoms with E-state index in [1.54, 1.807) is 19.1 Å². The van der Waals surface area contributed by atoms with E-state index in [1.165, 1.54) is 26.1 Å². The number of benzene rings is 2. The Morgan fingerprint density at radius 3 is 2.33 bits per heavy atom. The summed E-state index contributed by atoms with van der Waals surface area (Å²) in [5.41, 5.74) is 4.57. The number of ether oxygens (including phenoxy) is 3. The van der Waals surface area contributed by atoms with Gasteiger partial charge in [-0.25, -0.2) is 5.43 Å². The molecule has 0 radical (unpaired) electrons. The van der Waals surface area contributed by atoms with Crippen LogP contribution in [-0.4, -0.2) is 53.2 Å². The summed E-state index contributed by atoms with van der Waals surface area (Å²) in [5, 5.41) is 16.2. The molecule has 1 amide bonds. The van der Waals surface area contributed by atoms with Gasteiger partial charge >= 0.3 is 0 Å². The fourth-order valence-electron chi connectivity index (χ4n) is 2.68. The van der Waals surface area contributed by atoms with Crippen LogP contribution in [0.2, 0.25) is 0 Å². The number of methoxy groups -OCH3 is 3. The summed E-state index contributed by atoms with van der Waals surface area (Å²) in [7, 11) is 4.59. The van der Waals surface area contributed by atoms with Crippen LogP contribution in [0.3, 0.4) is 0 Å². The van der Waals surface area contributed by atoms with E-state index in [0.29, 0.717) is 34.3 Å². The number of hydrogen-bond acceptors (Lipinski definition) is 8. The lowest BCUT2D eigenvalue weighted by atomic mass is 10.1. The minimum absolute atomic E-state index is 0.119. The molecule has 0 aliphatic rings. The molecule has 0 atom stereocenters. The number of rotatable bonds is 8. The molecule has 0 unspecified atom stereocenters. The van der Waals surface area contributed by atoms with Crippen LogP contribution in [0.15, 0.2) is 47.6 Å². The van der Waals surface area contributed by atoms with Gasteiger partial charge in [-0.15, -0.1) is 10.2 Å². The second-order valence-electron chi connectivity index (χ2n) is 6.16. The molecule has 30 heavy (non-hydrogen) atoms. The van der Waals surface area contributed by atoms with Crippen molar-refractivity contribution < 1.29 is 19.0 Å². The van der Waals surface area contributed by atoms with Gasteiger partial charge in [0.2, 0.25) is 11.6 Å². The lowest BCUT2D eigenvalue weighted by molar-refractivity contribution is -0.122. The van der Waals surface area contributed by atoms with Crippen molar-refractivity contribution in [2.24, 2.45) is 5.10 Å². The Balaban J connectivity index is 1.68. The molecule has 1 heterocycles. The average Bonchev–Trinajstić information content (AvgIpc) is 3.25. The van der Waals surface area contributed by atoms with Gasteiger partial charge in [-0.2, -0.15) is 9.90 Å². The SMILES string of the molecule is COc1cc(/C(C)=N\NC(=O)Cn2nnc(-c3ccccc3)n2)cc(OC)c1OC. The Hall–Kier alpha value is -3.95. The molecule has 3 rings (SSSR count). The van der Waals surface area contributed by atoms with Crippen LogP contribution < -0.4 is 19.6 Å². The van der Waals surface area contributed by atoms with Crippen molar-refractivity contribution in [3.63, 3.8) is 0 Å². The molecule has 0 fully saturated rings. The molecule has 3 aromatic rings. The smallest absolute Gasteiger partial charge is 0.263 e. The van der Waals surface area contributed by atoms with Gasteiger partial charge in [-0.3, -0.25) is 4.79 Å². The van der Waals surface area contributed by atoms with E-state index in [1.807, 2.05) is 30.3 Å². The van der Waals surface area contributed by atoms with Crippen molar-refractivity contribution in [1.82, 2.24) is 25.6 Å². The van der Waals surface area contributed by atoms with Crippen molar-refractivity contribution in [2.75, 3.05) is 21.3 Å². The molecule has 1 N–H and O–H groups in total. The number of tetrazole rings is 1. The van der Waals surface area contributed by atoms with Crippen molar-refractivity contribution >= 4 is 11.6 Å². The van der Waals surface area contributed by atoms with Crippen molar-refractivity contribution in [2.45, 2.75) is 13.5 Å². The first-order chi connectivity index (χ1) is 14.5. The topological polar surface area (TPSA) is 113 Å². The maximum Gasteiger partial charge on any atom is 0.263 e. The maximum atomic E-state index is 12.2. The lowest BCUT2D eigenvalue weighted by Gasteiger charge is -2.14. The highest BCUT2D eigenvalue weighted by Gasteiger charge is 2.15. The summed E-state index contributed by atoms with van der Waals surface area (Å²) in [6, 6.07) is 12.9. The van der Waals surface area contributed by atoms with Gasteiger partial charge in [-0.1, -0.05) is 30.3 Å². The number of carbonyl (C=O) groups excluding carboxylic acids is 1. The highest BCUT2D eigenvalue weighted by Crippen LogP contribution is 2.38. The fraction of sp³-hybridized carbons (Fsp3) is 0.250. The normalized spacial score (nSPS) is 11.1. The molecule has 0 aliphatic heterocycles. The van der Waals surface area contributed by atoms with Crippen LogP contribution in [-0.2, 0) is 11.3 Å². The fourth-order valence-corrected chi connectivity index (χ4v) is 2.68. The number of amides is 1. The first-order valence-electron chi connectivity index (χ1n) is 9.02. The maximum absolute atomic E-state index is 12.2. The summed E-state index contributed by atoms with van der Waals surface area (Å²) in [6.45, 7) is 1.63. The summed E-state index contributed by atoms with van der Waals surface area (Å²) < 4.78 is 16.0. The largest absolute Gasteiger partial charge is 0.493 e. The lowest BCUT2D eigenvalue weighted by Crippen LogP contribution is -2.25. The molecule has 10 nitrogen and oxygen atoms in total. The number of nitrogens with one attached hydrogen (secondary N) is 1. The highest BCUT2D eigenvalue weighted by atomic mass is 16.5. The van der Waals surface area contributed by atoms with Crippen LogP contribution in [0.25, 0.3) is 11.4 Å². The molecule has 0 aliphatic carbocycles. The summed E-state index contributed by atoms with van der Waals surface area (Å²) in [4.78, 5) is 13.4. The van der Waals surface area contributed by atoms with Gasteiger partial charge < -0.3 is 14.2 Å². The van der Waals surface area contributed by atoms with Crippen molar-refractivity contribution in [3.8, 4) is 28.6 Å². The summed E-state index contributed by atoms with van der Waals surface area (Å²) in [6.07, 6.45) is 0. The molecule has 2 aromatic carbocycles. The van der Waals surface area contributed by atoms with E-state index >= 15 is 0 Å². The van der Waals surface area contributed by atoms with E-state index in [-0.39, 0.29) is 12.5 Å². The van der Waals surface area contributed by atoms with Crippen LogP contribution in [0, 0.1) is 0 Å². The third kappa shape index (κ3) is 4.72. The van der Waals surface area contributed by atoms with Crippen LogP contribution in [0.5, 0.6) is 17.2 Å². The minimum Gasteiger partial charge on any atom is -0.493 e. The Morgan fingerprint density at radius 1 is 1.07 bits per heavy atom. The Labute approximate surface area is 173 Å². The second-order valence-corrected chi connectivity index (χ2v) is 6.16. The number of nitrogens with zero attached hydrogens (tertiary/aromatic N) is 5. The zero-order chi connectivity index (χ0) is 21.5. The summed E-state index contributed by atoms with van der Waals surface area (Å²) in [5.74, 6) is 1.52. The molecule has 1 aromatic heterocycles. The van der Waals surface area contributed by atoms with E-state index in [9.17, 15) is 4.79 Å². The van der Waals surface area contributed by atoms with E-state index in [4.69, 9.17) is 14.2 Å². The first kappa shape index (κ1) is 20.8. The second kappa shape index (κ2) is 9.50. The molecular formula is C20H22N6O4. The first-order valence-corrected chi connectivity index (χ1v) is 9.02. The predicted octanol–water partition coefficient (Wildman–Crippen LogP) is 1.91. The van der Waals surface area contributed by atoms with Gasteiger partial charge in [0, 0.05) is 11.1 Å². The van der Waals surface area contributed by atoms with Gasteiger partial charge in [0.25, 0.3) is 5.91 Å². The Kier molecular flexibility index (Phi) is 6.58. The van der Waals surface area contributed by atoms with Gasteiger partial charge in [0.1, 0.15) is 6.54 Å². The van der Waals surface area contributed by atoms with Crippen molar-refractivity contribution in [1.29, 1.82) is 0 Å². The standard InChI is InChI=1S/C20H22N6O4/c1-13(15-10-16(28-2)19(30-4)17(11-15)29-3)21-22-18(27)12-26-24-20(23-25-26)14-8-6-5-7-9-14/h5-11H,12H2,1-4H3,(H,22,27)/b21-13-. The van der Waals surface area contributed by atoms with Crippen LogP contribution in [0.1, 0.15) is 12.5 Å². The van der Waals surface area contributed by atoms with E-state index in [0.717, 1.165) is 5.56 Å². The molecule has 0 saturated heterocycles. The van der Waals surface area contributed by atoms with Crippen LogP contribution in [0.4, 0.5) is 0 Å². The average molecular weight is 410 g/mol. The molecule has 10 heteroatoms. The van der Waals surface area contributed by atoms with Gasteiger partial charge in [-0.05, 0) is 24.3 Å². The zero-order valence-corrected chi connectivity index (χ0v) is 17.1. The zero-order valence-electron chi connectivity index (χ0n) is 17.1. The highest BCUT2D eigenvalue weighted by molar-refractivity contribution is 6.00. The number of aromatic nitrogens is 4. The molecular weight excluding hydrogens is 388 g/mol. The molecule has 156 valence electrons. The van der Waals surface area contributed by atoms with Gasteiger partial charge in [0.15, 0.2) is 11.5 Å². The minimum atomic E-state index is -0.390. The quantitative estimate of drug-likeness (QED) is 0.446. The Morgan fingerprint density at radius 2 is 1.73 bits per heavy atom. The van der Waals surface area contributed by atoms with E-state index < -0.39 is 0 Å². The Bertz CT molecular complexity index is 1020. The van der Waals surface area contributed by atoms with Gasteiger partial charge in [0.05, 0.1) is 27.0 Å². The number of carbonyl (C=O) groups is 1. The number of hydrazone groups is 1. The van der Waals surface area contributed by atoms with Crippen LogP contribution >= 0.6 is 0 Å². The number of hydrogen-bond donors (Lipinski definition) is 1. The monoisotopic (exact) mass is 410 g/mol.